The molecule has 1 aliphatic heterocycles. The second-order valence-corrected chi connectivity index (χ2v) is 4.74. The molecule has 0 amide bonds. The van der Waals surface area contributed by atoms with Crippen LogP contribution in [0.5, 0.6) is 0 Å². The molecule has 0 saturated heterocycles. The van der Waals surface area contributed by atoms with Crippen molar-refractivity contribution < 1.29 is 9.40 Å². The van der Waals surface area contributed by atoms with E-state index in [9.17, 15) is 4.91 Å². The maximum atomic E-state index is 10.1. The molecule has 22 heavy (non-hydrogen) atoms. The van der Waals surface area contributed by atoms with Crippen LogP contribution in [0.3, 0.4) is 0 Å². The van der Waals surface area contributed by atoms with Crippen LogP contribution in [0.1, 0.15) is 12.0 Å². The van der Waals surface area contributed by atoms with E-state index in [1.807, 2.05) is 49.1 Å². The summed E-state index contributed by atoms with van der Waals surface area (Å²) in [4.78, 5) is 16.9. The Balaban J connectivity index is 1.76. The van der Waals surface area contributed by atoms with Crippen LogP contribution in [0.2, 0.25) is 0 Å². The van der Waals surface area contributed by atoms with Crippen LogP contribution < -0.4 is 4.57 Å². The van der Waals surface area contributed by atoms with Crippen LogP contribution in [0, 0.1) is 4.91 Å². The molecule has 0 fully saturated rings. The number of aromatic nitrogens is 1. The quantitative estimate of drug-likeness (QED) is 0.336. The topological polar surface area (TPSA) is 58.1 Å². The van der Waals surface area contributed by atoms with E-state index < -0.39 is 0 Å². The van der Waals surface area contributed by atoms with Crippen LogP contribution in [0.25, 0.3) is 0 Å². The van der Waals surface area contributed by atoms with Gasteiger partial charge in [-0.05, 0) is 22.9 Å². The summed E-state index contributed by atoms with van der Waals surface area (Å²) in [5.74, 6) is 0. The van der Waals surface area contributed by atoms with Gasteiger partial charge in [0.05, 0.1) is 12.4 Å². The number of oxime groups is 1. The number of nitroso groups, excluding NO2 is 1. The van der Waals surface area contributed by atoms with E-state index in [-0.39, 0.29) is 0 Å². The third kappa shape index (κ3) is 4.97. The van der Waals surface area contributed by atoms with Crippen molar-refractivity contribution in [1.29, 1.82) is 0 Å². The van der Waals surface area contributed by atoms with Crippen LogP contribution in [0.15, 0.2) is 71.2 Å². The SMILES string of the molecule is CO/N=C/c1cc[n+](CCCN2C=CC(=CN=O)C=C2)cc1. The summed E-state index contributed by atoms with van der Waals surface area (Å²) < 4.78 is 2.13. The molecule has 0 atom stereocenters. The lowest BCUT2D eigenvalue weighted by atomic mass is 10.2. The normalized spacial score (nSPS) is 13.7. The van der Waals surface area contributed by atoms with Crippen LogP contribution in [-0.4, -0.2) is 24.8 Å². The highest BCUT2D eigenvalue weighted by Crippen LogP contribution is 2.09. The first-order valence-corrected chi connectivity index (χ1v) is 7.02. The van der Waals surface area contributed by atoms with Gasteiger partial charge in [0.25, 0.3) is 0 Å². The fraction of sp³-hybridized carbons (Fsp3) is 0.250. The van der Waals surface area contributed by atoms with E-state index in [1.54, 1.807) is 6.21 Å². The first kappa shape index (κ1) is 15.6. The monoisotopic (exact) mass is 299 g/mol. The van der Waals surface area contributed by atoms with Crippen LogP contribution in [0.4, 0.5) is 0 Å². The van der Waals surface area contributed by atoms with E-state index in [0.717, 1.165) is 30.6 Å². The zero-order chi connectivity index (χ0) is 15.6. The molecule has 0 radical (unpaired) electrons. The summed E-state index contributed by atoms with van der Waals surface area (Å²) in [7, 11) is 1.53. The van der Waals surface area contributed by atoms with Gasteiger partial charge in [-0.3, -0.25) is 0 Å². The van der Waals surface area contributed by atoms with Gasteiger partial charge in [-0.2, -0.15) is 0 Å². The van der Waals surface area contributed by atoms with Gasteiger partial charge in [0.1, 0.15) is 13.7 Å². The highest BCUT2D eigenvalue weighted by atomic mass is 16.6. The predicted molar refractivity (Wildman–Crippen MR) is 84.7 cm³/mol. The molecule has 0 aliphatic carbocycles. The molecule has 1 aromatic rings. The fourth-order valence-corrected chi connectivity index (χ4v) is 2.02. The summed E-state index contributed by atoms with van der Waals surface area (Å²) >= 11 is 0. The summed E-state index contributed by atoms with van der Waals surface area (Å²) in [6, 6.07) is 3.99. The molecule has 0 aromatic carbocycles. The van der Waals surface area contributed by atoms with Crippen molar-refractivity contribution in [3.63, 3.8) is 0 Å². The smallest absolute Gasteiger partial charge is 0.169 e. The van der Waals surface area contributed by atoms with Gasteiger partial charge in [-0.15, -0.1) is 4.91 Å². The first-order chi connectivity index (χ1) is 10.8. The summed E-state index contributed by atoms with van der Waals surface area (Å²) in [6.07, 6.45) is 15.7. The Hall–Kier alpha value is -2.76. The minimum atomic E-state index is 0.814. The predicted octanol–water partition coefficient (Wildman–Crippen LogP) is 2.34. The highest BCUT2D eigenvalue weighted by Gasteiger charge is 2.04. The van der Waals surface area contributed by atoms with Gasteiger partial charge in [0, 0.05) is 43.1 Å². The number of nitrogens with zero attached hydrogens (tertiary/aromatic N) is 4. The van der Waals surface area contributed by atoms with Gasteiger partial charge < -0.3 is 9.74 Å². The molecule has 1 aliphatic rings. The number of pyridine rings is 1. The van der Waals surface area contributed by atoms with Crippen molar-refractivity contribution in [3.05, 3.63) is 71.3 Å². The lowest BCUT2D eigenvalue weighted by Gasteiger charge is -2.17. The number of aryl methyl sites for hydroxylation is 1. The lowest BCUT2D eigenvalue weighted by molar-refractivity contribution is -0.697. The van der Waals surface area contributed by atoms with Crippen molar-refractivity contribution in [3.8, 4) is 0 Å². The average molecular weight is 299 g/mol. The molecule has 114 valence electrons. The van der Waals surface area contributed by atoms with Gasteiger partial charge in [-0.1, -0.05) is 5.16 Å². The van der Waals surface area contributed by atoms with E-state index in [0.29, 0.717) is 0 Å². The van der Waals surface area contributed by atoms with Crippen molar-refractivity contribution in [2.45, 2.75) is 13.0 Å². The Bertz CT molecular complexity index is 587. The van der Waals surface area contributed by atoms with Gasteiger partial charge in [0.2, 0.25) is 0 Å². The van der Waals surface area contributed by atoms with Crippen molar-refractivity contribution in [2.24, 2.45) is 10.3 Å². The Morgan fingerprint density at radius 1 is 1.27 bits per heavy atom. The molecule has 0 bridgehead atoms. The molecule has 2 heterocycles. The van der Waals surface area contributed by atoms with Crippen molar-refractivity contribution in [1.82, 2.24) is 4.90 Å². The van der Waals surface area contributed by atoms with E-state index in [4.69, 9.17) is 0 Å². The number of hydrogen-bond acceptors (Lipinski definition) is 5. The lowest BCUT2D eigenvalue weighted by Crippen LogP contribution is -2.34. The Morgan fingerprint density at radius 3 is 2.64 bits per heavy atom. The van der Waals surface area contributed by atoms with Crippen molar-refractivity contribution >= 4 is 6.21 Å². The third-order valence-electron chi connectivity index (χ3n) is 3.18. The standard InChI is InChI=1S/C16H19N4O2/c1-22-18-14-16-5-11-20(12-6-16)8-2-7-19-9-3-15(4-10-19)13-17-21/h3-6,9-14H,2,7-8H2,1H3/q+1/b18-14+. The summed E-state index contributed by atoms with van der Waals surface area (Å²) in [5, 5.41) is 6.49. The third-order valence-corrected chi connectivity index (χ3v) is 3.18. The molecule has 0 spiro atoms. The minimum Gasteiger partial charge on any atom is -0.399 e. The second kappa shape index (κ2) is 8.51. The van der Waals surface area contributed by atoms with Gasteiger partial charge >= 0.3 is 0 Å². The molecular formula is C16H19N4O2+. The molecule has 0 N–H and O–H groups in total. The molecular weight excluding hydrogens is 280 g/mol. The molecule has 1 aromatic heterocycles. The second-order valence-electron chi connectivity index (χ2n) is 4.74. The zero-order valence-electron chi connectivity index (χ0n) is 12.5. The molecule has 2 rings (SSSR count). The molecule has 0 unspecified atom stereocenters. The Kier molecular flexibility index (Phi) is 6.04. The van der Waals surface area contributed by atoms with Gasteiger partial charge in [-0.25, -0.2) is 4.57 Å². The molecule has 6 nitrogen and oxygen atoms in total. The number of hydrogen-bond donors (Lipinski definition) is 0. The molecule has 6 heteroatoms. The largest absolute Gasteiger partial charge is 0.399 e. The van der Waals surface area contributed by atoms with Crippen LogP contribution >= 0.6 is 0 Å². The maximum Gasteiger partial charge on any atom is 0.169 e. The highest BCUT2D eigenvalue weighted by molar-refractivity contribution is 5.78. The zero-order valence-corrected chi connectivity index (χ0v) is 12.5. The fourth-order valence-electron chi connectivity index (χ4n) is 2.02. The maximum absolute atomic E-state index is 10.1. The van der Waals surface area contributed by atoms with Gasteiger partial charge in [0.15, 0.2) is 12.4 Å². The van der Waals surface area contributed by atoms with Crippen LogP contribution in [-0.2, 0) is 11.4 Å². The average Bonchev–Trinajstić information content (AvgIpc) is 2.56. The van der Waals surface area contributed by atoms with E-state index >= 15 is 0 Å². The summed E-state index contributed by atoms with van der Waals surface area (Å²) in [5.41, 5.74) is 1.82. The summed E-state index contributed by atoms with van der Waals surface area (Å²) in [6.45, 7) is 1.84. The Morgan fingerprint density at radius 2 is 2.00 bits per heavy atom. The minimum absolute atomic E-state index is 0.814. The van der Waals surface area contributed by atoms with E-state index in [2.05, 4.69) is 24.6 Å². The number of rotatable bonds is 7. The number of allylic oxidation sites excluding steroid dienone is 3. The van der Waals surface area contributed by atoms with Crippen molar-refractivity contribution in [2.75, 3.05) is 13.7 Å². The first-order valence-electron chi connectivity index (χ1n) is 7.02. The Labute approximate surface area is 129 Å². The van der Waals surface area contributed by atoms with E-state index in [1.165, 1.54) is 13.3 Å². The molecule has 0 saturated carbocycles.